The fourth-order valence-corrected chi connectivity index (χ4v) is 1.69. The maximum Gasteiger partial charge on any atom is 0.311 e. The number of hydrogen-bond donors (Lipinski definition) is 1. The second kappa shape index (κ2) is 4.63. The highest BCUT2D eigenvalue weighted by atomic mass is 35.5. The summed E-state index contributed by atoms with van der Waals surface area (Å²) in [5.74, 6) is 0.194. The zero-order valence-corrected chi connectivity index (χ0v) is 9.99. The maximum atomic E-state index is 10.5. The molecule has 0 saturated carbocycles. The van der Waals surface area contributed by atoms with Crippen LogP contribution in [0.5, 0.6) is 0 Å². The maximum absolute atomic E-state index is 10.5. The van der Waals surface area contributed by atoms with Crippen LogP contribution < -0.4 is 0 Å². The van der Waals surface area contributed by atoms with Crippen molar-refractivity contribution in [1.29, 1.82) is 0 Å². The van der Waals surface area contributed by atoms with Crippen LogP contribution in [0.25, 0.3) is 11.3 Å². The number of carbonyl (C=O) groups is 1. The number of benzene rings is 1. The van der Waals surface area contributed by atoms with Gasteiger partial charge in [-0.1, -0.05) is 11.6 Å². The first-order valence-electron chi connectivity index (χ1n) is 5.13. The molecular weight excluding hydrogens is 240 g/mol. The van der Waals surface area contributed by atoms with Crippen LogP contribution in [0.1, 0.15) is 11.3 Å². The van der Waals surface area contributed by atoms with Crippen molar-refractivity contribution >= 4 is 17.6 Å². The van der Waals surface area contributed by atoms with E-state index in [0.717, 1.165) is 11.1 Å². The zero-order valence-electron chi connectivity index (χ0n) is 9.24. The van der Waals surface area contributed by atoms with Crippen molar-refractivity contribution in [2.45, 2.75) is 13.3 Å². The van der Waals surface area contributed by atoms with Crippen LogP contribution in [0.3, 0.4) is 0 Å². The van der Waals surface area contributed by atoms with Gasteiger partial charge in [0.05, 0.1) is 0 Å². The lowest BCUT2D eigenvalue weighted by atomic mass is 10.1. The summed E-state index contributed by atoms with van der Waals surface area (Å²) in [7, 11) is 0. The molecular formula is C13H11ClO3. The minimum Gasteiger partial charge on any atom is -0.481 e. The van der Waals surface area contributed by atoms with E-state index in [1.807, 2.05) is 19.1 Å². The Balaban J connectivity index is 2.30. The molecule has 0 aliphatic heterocycles. The lowest BCUT2D eigenvalue weighted by Gasteiger charge is -2.01. The predicted octanol–water partition coefficient (Wildman–Crippen LogP) is 3.54. The van der Waals surface area contributed by atoms with Crippen LogP contribution in [-0.4, -0.2) is 11.1 Å². The van der Waals surface area contributed by atoms with Gasteiger partial charge in [0.25, 0.3) is 0 Å². The number of carboxylic acids is 1. The summed E-state index contributed by atoms with van der Waals surface area (Å²) in [5, 5.41) is 9.35. The van der Waals surface area contributed by atoms with Crippen LogP contribution in [0.15, 0.2) is 34.7 Å². The van der Waals surface area contributed by atoms with Gasteiger partial charge in [0.2, 0.25) is 0 Å². The third-order valence-electron chi connectivity index (χ3n) is 2.43. The lowest BCUT2D eigenvalue weighted by molar-refractivity contribution is -0.136. The van der Waals surface area contributed by atoms with E-state index in [-0.39, 0.29) is 6.42 Å². The highest BCUT2D eigenvalue weighted by molar-refractivity contribution is 6.31. The molecule has 0 aliphatic carbocycles. The van der Waals surface area contributed by atoms with E-state index >= 15 is 0 Å². The van der Waals surface area contributed by atoms with Crippen LogP contribution in [-0.2, 0) is 11.2 Å². The lowest BCUT2D eigenvalue weighted by Crippen LogP contribution is -1.97. The minimum atomic E-state index is -0.904. The Kier molecular flexibility index (Phi) is 3.20. The molecule has 1 aromatic heterocycles. The monoisotopic (exact) mass is 250 g/mol. The van der Waals surface area contributed by atoms with Gasteiger partial charge < -0.3 is 9.52 Å². The molecule has 3 nitrogen and oxygen atoms in total. The fourth-order valence-electron chi connectivity index (χ4n) is 1.58. The zero-order chi connectivity index (χ0) is 12.4. The number of hydrogen-bond acceptors (Lipinski definition) is 2. The highest BCUT2D eigenvalue weighted by Crippen LogP contribution is 2.26. The Labute approximate surface area is 104 Å². The predicted molar refractivity (Wildman–Crippen MR) is 65.2 cm³/mol. The number of furan rings is 1. The van der Waals surface area contributed by atoms with Gasteiger partial charge in [0.1, 0.15) is 17.9 Å². The van der Waals surface area contributed by atoms with Crippen LogP contribution in [0.2, 0.25) is 5.02 Å². The Bertz CT molecular complexity index is 558. The molecule has 0 fully saturated rings. The molecule has 4 heteroatoms. The molecule has 0 aliphatic rings. The smallest absolute Gasteiger partial charge is 0.311 e. The molecule has 2 aromatic rings. The van der Waals surface area contributed by atoms with Crippen molar-refractivity contribution in [2.24, 2.45) is 0 Å². The number of aliphatic carboxylic acids is 1. The van der Waals surface area contributed by atoms with E-state index in [1.165, 1.54) is 0 Å². The minimum absolute atomic E-state index is 0.105. The molecule has 0 unspecified atom stereocenters. The Morgan fingerprint density at radius 1 is 1.35 bits per heavy atom. The number of aryl methyl sites for hydroxylation is 1. The third-order valence-corrected chi connectivity index (χ3v) is 2.85. The highest BCUT2D eigenvalue weighted by Gasteiger charge is 2.08. The first kappa shape index (κ1) is 11.7. The summed E-state index contributed by atoms with van der Waals surface area (Å²) < 4.78 is 5.45. The second-order valence-corrected chi connectivity index (χ2v) is 4.21. The SMILES string of the molecule is Cc1cc(-c2ccc(CC(=O)O)o2)ccc1Cl. The molecule has 1 aromatic carbocycles. The standard InChI is InChI=1S/C13H11ClO3/c1-8-6-9(2-4-11(8)14)12-5-3-10(17-12)7-13(15)16/h2-6H,7H2,1H3,(H,15,16). The molecule has 0 atom stereocenters. The van der Waals surface area contributed by atoms with Crippen molar-refractivity contribution in [1.82, 2.24) is 0 Å². The van der Waals surface area contributed by atoms with Crippen molar-refractivity contribution in [3.8, 4) is 11.3 Å². The quantitative estimate of drug-likeness (QED) is 0.907. The van der Waals surface area contributed by atoms with Gasteiger partial charge in [-0.05, 0) is 42.8 Å². The molecule has 1 heterocycles. The van der Waals surface area contributed by atoms with E-state index in [0.29, 0.717) is 16.5 Å². The Hall–Kier alpha value is -1.74. The average Bonchev–Trinajstić information content (AvgIpc) is 2.69. The summed E-state index contributed by atoms with van der Waals surface area (Å²) in [6.07, 6.45) is -0.105. The second-order valence-electron chi connectivity index (χ2n) is 3.80. The topological polar surface area (TPSA) is 50.4 Å². The molecule has 0 bridgehead atoms. The summed E-state index contributed by atoms with van der Waals surface area (Å²) in [6, 6.07) is 8.99. The third kappa shape index (κ3) is 2.68. The van der Waals surface area contributed by atoms with Gasteiger partial charge in [-0.15, -0.1) is 0 Å². The van der Waals surface area contributed by atoms with Gasteiger partial charge in [-0.3, -0.25) is 4.79 Å². The first-order chi connectivity index (χ1) is 8.06. The molecule has 0 radical (unpaired) electrons. The van der Waals surface area contributed by atoms with Gasteiger partial charge in [-0.2, -0.15) is 0 Å². The molecule has 17 heavy (non-hydrogen) atoms. The van der Waals surface area contributed by atoms with Gasteiger partial charge in [0.15, 0.2) is 0 Å². The van der Waals surface area contributed by atoms with E-state index < -0.39 is 5.97 Å². The normalized spacial score (nSPS) is 10.5. The Morgan fingerprint density at radius 3 is 2.76 bits per heavy atom. The van der Waals surface area contributed by atoms with E-state index in [9.17, 15) is 4.79 Å². The summed E-state index contributed by atoms with van der Waals surface area (Å²) in [6.45, 7) is 1.91. The molecule has 2 rings (SSSR count). The van der Waals surface area contributed by atoms with E-state index in [1.54, 1.807) is 18.2 Å². The summed E-state index contributed by atoms with van der Waals surface area (Å²) >= 11 is 5.93. The van der Waals surface area contributed by atoms with Crippen molar-refractivity contribution in [3.05, 3.63) is 46.7 Å². The number of halogens is 1. The average molecular weight is 251 g/mol. The Morgan fingerprint density at radius 2 is 2.12 bits per heavy atom. The molecule has 1 N–H and O–H groups in total. The van der Waals surface area contributed by atoms with Crippen molar-refractivity contribution in [2.75, 3.05) is 0 Å². The van der Waals surface area contributed by atoms with Gasteiger partial charge >= 0.3 is 5.97 Å². The van der Waals surface area contributed by atoms with Crippen molar-refractivity contribution < 1.29 is 14.3 Å². The largest absolute Gasteiger partial charge is 0.481 e. The van der Waals surface area contributed by atoms with Crippen LogP contribution in [0, 0.1) is 6.92 Å². The van der Waals surface area contributed by atoms with E-state index in [4.69, 9.17) is 21.1 Å². The first-order valence-corrected chi connectivity index (χ1v) is 5.51. The summed E-state index contributed by atoms with van der Waals surface area (Å²) in [4.78, 5) is 10.5. The molecule has 0 saturated heterocycles. The molecule has 88 valence electrons. The van der Waals surface area contributed by atoms with Crippen LogP contribution >= 0.6 is 11.6 Å². The number of carboxylic acid groups (broad SMARTS) is 1. The number of rotatable bonds is 3. The van der Waals surface area contributed by atoms with Gasteiger partial charge in [0, 0.05) is 10.6 Å². The van der Waals surface area contributed by atoms with Crippen LogP contribution in [0.4, 0.5) is 0 Å². The van der Waals surface area contributed by atoms with E-state index in [2.05, 4.69) is 0 Å². The molecule has 0 amide bonds. The molecule has 0 spiro atoms. The van der Waals surface area contributed by atoms with Crippen molar-refractivity contribution in [3.63, 3.8) is 0 Å². The summed E-state index contributed by atoms with van der Waals surface area (Å²) in [5.41, 5.74) is 1.85. The fraction of sp³-hybridized carbons (Fsp3) is 0.154. The van der Waals surface area contributed by atoms with Gasteiger partial charge in [-0.25, -0.2) is 0 Å².